The SMILES string of the molecule is CC(C)(C)OC(=O)N1CC(C#N)(c2ccccn2)C1.CN1CCCCC1C1(C#N)CN(C(=O)OC(C)(C)C)C1. The Hall–Kier alpha value is -3.37. The molecule has 4 heterocycles. The van der Waals surface area contributed by atoms with E-state index in [1.54, 1.807) is 17.2 Å². The molecular weight excluding hydrogens is 496 g/mol. The molecule has 1 unspecified atom stereocenters. The fourth-order valence-corrected chi connectivity index (χ4v) is 5.22. The van der Waals surface area contributed by atoms with E-state index in [9.17, 15) is 20.1 Å². The van der Waals surface area contributed by atoms with Crippen molar-refractivity contribution in [3.8, 4) is 12.1 Å². The number of aromatic nitrogens is 1. The molecule has 10 heteroatoms. The summed E-state index contributed by atoms with van der Waals surface area (Å²) >= 11 is 0. The molecule has 212 valence electrons. The standard InChI is InChI=1S/C15H25N3O2.C14H17N3O2/c1-14(2,3)20-13(19)18-10-15(9-16,11-18)12-7-5-6-8-17(12)4;1-13(2,3)19-12(18)17-9-14(8-15,10-17)11-6-4-5-7-16-11/h12H,5-8,10-11H2,1-4H3;4-7H,9-10H2,1-3H3. The van der Waals surface area contributed by atoms with Crippen LogP contribution in [0.4, 0.5) is 9.59 Å². The van der Waals surface area contributed by atoms with Crippen LogP contribution < -0.4 is 0 Å². The van der Waals surface area contributed by atoms with Crippen molar-refractivity contribution >= 4 is 12.2 Å². The Morgan fingerprint density at radius 1 is 0.923 bits per heavy atom. The van der Waals surface area contributed by atoms with Crippen LogP contribution in [0.5, 0.6) is 0 Å². The molecule has 1 aromatic rings. The van der Waals surface area contributed by atoms with E-state index in [-0.39, 0.29) is 18.2 Å². The Kier molecular flexibility index (Phi) is 8.82. The van der Waals surface area contributed by atoms with Crippen LogP contribution >= 0.6 is 0 Å². The number of amides is 2. The van der Waals surface area contributed by atoms with Gasteiger partial charge in [-0.3, -0.25) is 4.98 Å². The average molecular weight is 539 g/mol. The van der Waals surface area contributed by atoms with E-state index < -0.39 is 22.0 Å². The third kappa shape index (κ3) is 7.19. The first-order valence-electron chi connectivity index (χ1n) is 13.5. The summed E-state index contributed by atoms with van der Waals surface area (Å²) in [5, 5.41) is 18.9. The van der Waals surface area contributed by atoms with Crippen molar-refractivity contribution < 1.29 is 19.1 Å². The molecule has 0 N–H and O–H groups in total. The van der Waals surface area contributed by atoms with Crippen molar-refractivity contribution in [3.05, 3.63) is 30.1 Å². The number of rotatable bonds is 2. The largest absolute Gasteiger partial charge is 0.444 e. The van der Waals surface area contributed by atoms with Crippen LogP contribution in [0.15, 0.2) is 24.4 Å². The van der Waals surface area contributed by atoms with Crippen molar-refractivity contribution in [1.82, 2.24) is 19.7 Å². The number of nitriles is 2. The summed E-state index contributed by atoms with van der Waals surface area (Å²) in [5.74, 6) is 0. The number of carbonyl (C=O) groups excluding carboxylic acids is 2. The molecule has 0 spiro atoms. The van der Waals surface area contributed by atoms with E-state index in [1.807, 2.05) is 53.7 Å². The minimum atomic E-state index is -0.696. The maximum Gasteiger partial charge on any atom is 0.410 e. The van der Waals surface area contributed by atoms with Crippen LogP contribution in [0.1, 0.15) is 66.5 Å². The van der Waals surface area contributed by atoms with Gasteiger partial charge in [0.15, 0.2) is 0 Å². The molecule has 0 aromatic carbocycles. The zero-order valence-electron chi connectivity index (χ0n) is 24.4. The van der Waals surface area contributed by atoms with Crippen LogP contribution in [0, 0.1) is 28.1 Å². The van der Waals surface area contributed by atoms with E-state index in [0.29, 0.717) is 31.9 Å². The second-order valence-electron chi connectivity index (χ2n) is 12.8. The summed E-state index contributed by atoms with van der Waals surface area (Å²) in [6.45, 7) is 13.7. The Bertz CT molecular complexity index is 1100. The van der Waals surface area contributed by atoms with E-state index in [0.717, 1.165) is 13.0 Å². The monoisotopic (exact) mass is 538 g/mol. The highest BCUT2D eigenvalue weighted by atomic mass is 16.6. The summed E-state index contributed by atoms with van der Waals surface area (Å²) in [6.07, 6.45) is 4.39. The first-order valence-corrected chi connectivity index (χ1v) is 13.5. The number of nitrogens with zero attached hydrogens (tertiary/aromatic N) is 6. The molecule has 3 aliphatic heterocycles. The highest BCUT2D eigenvalue weighted by Crippen LogP contribution is 2.40. The molecule has 10 nitrogen and oxygen atoms in total. The van der Waals surface area contributed by atoms with Crippen molar-refractivity contribution in [2.24, 2.45) is 5.41 Å². The maximum atomic E-state index is 12.0. The smallest absolute Gasteiger partial charge is 0.410 e. The van der Waals surface area contributed by atoms with Gasteiger partial charge in [0.25, 0.3) is 0 Å². The first-order chi connectivity index (χ1) is 18.1. The Balaban J connectivity index is 0.000000216. The lowest BCUT2D eigenvalue weighted by Crippen LogP contribution is -2.66. The highest BCUT2D eigenvalue weighted by Gasteiger charge is 2.53. The minimum absolute atomic E-state index is 0.264. The van der Waals surface area contributed by atoms with Crippen LogP contribution in [0.3, 0.4) is 0 Å². The molecule has 3 aliphatic rings. The van der Waals surface area contributed by atoms with Gasteiger partial charge in [0.2, 0.25) is 0 Å². The zero-order chi connectivity index (χ0) is 29.1. The normalized spacial score (nSPS) is 22.0. The topological polar surface area (TPSA) is 123 Å². The highest BCUT2D eigenvalue weighted by molar-refractivity contribution is 5.71. The van der Waals surface area contributed by atoms with Gasteiger partial charge in [-0.15, -0.1) is 0 Å². The number of hydrogen-bond donors (Lipinski definition) is 0. The number of likely N-dealkylation sites (tertiary alicyclic amines) is 3. The summed E-state index contributed by atoms with van der Waals surface area (Å²) in [7, 11) is 2.08. The third-order valence-corrected chi connectivity index (χ3v) is 7.17. The van der Waals surface area contributed by atoms with Gasteiger partial charge in [-0.1, -0.05) is 12.5 Å². The van der Waals surface area contributed by atoms with Crippen molar-refractivity contribution in [1.29, 1.82) is 10.5 Å². The van der Waals surface area contributed by atoms with Crippen LogP contribution in [-0.2, 0) is 14.9 Å². The van der Waals surface area contributed by atoms with Gasteiger partial charge >= 0.3 is 12.2 Å². The van der Waals surface area contributed by atoms with Crippen molar-refractivity contribution in [2.45, 2.75) is 83.5 Å². The van der Waals surface area contributed by atoms with Crippen LogP contribution in [0.25, 0.3) is 0 Å². The van der Waals surface area contributed by atoms with Gasteiger partial charge in [0.05, 0.1) is 30.9 Å². The lowest BCUT2D eigenvalue weighted by molar-refractivity contribution is -0.0506. The number of ether oxygens (including phenoxy) is 2. The Morgan fingerprint density at radius 3 is 1.92 bits per heavy atom. The molecule has 3 fully saturated rings. The molecule has 1 atom stereocenters. The molecule has 0 bridgehead atoms. The predicted molar refractivity (Wildman–Crippen MR) is 145 cm³/mol. The van der Waals surface area contributed by atoms with Gasteiger partial charge in [-0.05, 0) is 80.1 Å². The summed E-state index contributed by atoms with van der Waals surface area (Å²) in [4.78, 5) is 33.5. The quantitative estimate of drug-likeness (QED) is 0.545. The lowest BCUT2D eigenvalue weighted by atomic mass is 9.71. The molecule has 1 aromatic heterocycles. The zero-order valence-corrected chi connectivity index (χ0v) is 24.4. The number of carbonyl (C=O) groups is 2. The predicted octanol–water partition coefficient (Wildman–Crippen LogP) is 4.33. The first kappa shape index (κ1) is 30.2. The molecule has 4 rings (SSSR count). The minimum Gasteiger partial charge on any atom is -0.444 e. The summed E-state index contributed by atoms with van der Waals surface area (Å²) in [6, 6.07) is 10.5. The average Bonchev–Trinajstić information content (AvgIpc) is 2.78. The molecule has 0 aliphatic carbocycles. The second kappa shape index (κ2) is 11.4. The fourth-order valence-electron chi connectivity index (χ4n) is 5.22. The molecule has 0 radical (unpaired) electrons. The Labute approximate surface area is 232 Å². The molecule has 2 amide bonds. The Morgan fingerprint density at radius 2 is 1.49 bits per heavy atom. The van der Waals surface area contributed by atoms with E-state index in [1.165, 1.54) is 17.7 Å². The van der Waals surface area contributed by atoms with Gasteiger partial charge < -0.3 is 24.2 Å². The van der Waals surface area contributed by atoms with E-state index >= 15 is 0 Å². The number of pyridine rings is 1. The molecule has 3 saturated heterocycles. The van der Waals surface area contributed by atoms with Gasteiger partial charge in [-0.2, -0.15) is 10.5 Å². The van der Waals surface area contributed by atoms with Crippen LogP contribution in [-0.4, -0.2) is 88.9 Å². The third-order valence-electron chi connectivity index (χ3n) is 7.17. The summed E-state index contributed by atoms with van der Waals surface area (Å²) in [5.41, 5.74) is -1.40. The fraction of sp³-hybridized carbons (Fsp3) is 0.690. The molecular formula is C29H42N6O4. The lowest BCUT2D eigenvalue weighted by Gasteiger charge is -2.53. The van der Waals surface area contributed by atoms with Gasteiger partial charge in [0, 0.05) is 25.3 Å². The van der Waals surface area contributed by atoms with Crippen molar-refractivity contribution in [2.75, 3.05) is 39.8 Å². The number of hydrogen-bond acceptors (Lipinski definition) is 8. The number of piperidine rings is 1. The van der Waals surface area contributed by atoms with Crippen LogP contribution in [0.2, 0.25) is 0 Å². The van der Waals surface area contributed by atoms with Gasteiger partial charge in [0.1, 0.15) is 22.0 Å². The molecule has 0 saturated carbocycles. The van der Waals surface area contributed by atoms with Crippen molar-refractivity contribution in [3.63, 3.8) is 0 Å². The summed E-state index contributed by atoms with van der Waals surface area (Å²) < 4.78 is 10.6. The second-order valence-corrected chi connectivity index (χ2v) is 12.8. The maximum absolute atomic E-state index is 12.0. The van der Waals surface area contributed by atoms with E-state index in [4.69, 9.17) is 9.47 Å². The molecule has 39 heavy (non-hydrogen) atoms. The van der Waals surface area contributed by atoms with Gasteiger partial charge in [-0.25, -0.2) is 9.59 Å². The van der Waals surface area contributed by atoms with E-state index in [2.05, 4.69) is 29.1 Å².